The van der Waals surface area contributed by atoms with E-state index in [4.69, 9.17) is 5.26 Å². The van der Waals surface area contributed by atoms with E-state index in [2.05, 4.69) is 20.4 Å². The molecule has 0 aliphatic carbocycles. The molecule has 0 atom stereocenters. The number of fused-ring (bicyclic) bond motifs is 1. The second-order valence-electron chi connectivity index (χ2n) is 4.80. The third-order valence-electron chi connectivity index (χ3n) is 3.05. The van der Waals surface area contributed by atoms with Crippen LogP contribution in [0.4, 0.5) is 29.2 Å². The molecule has 0 aliphatic rings. The Hall–Kier alpha value is -3.22. The Balaban J connectivity index is 2.09. The maximum Gasteiger partial charge on any atom is 0.408 e. The molecule has 10 heteroatoms. The number of pyridine rings is 2. The van der Waals surface area contributed by atoms with Crippen LogP contribution in [0.1, 0.15) is 5.69 Å². The van der Waals surface area contributed by atoms with Gasteiger partial charge in [0.2, 0.25) is 0 Å². The van der Waals surface area contributed by atoms with Gasteiger partial charge in [0, 0.05) is 24.5 Å². The molecule has 24 heavy (non-hydrogen) atoms. The first-order valence-corrected chi connectivity index (χ1v) is 6.58. The van der Waals surface area contributed by atoms with Gasteiger partial charge in [0.1, 0.15) is 29.9 Å². The van der Waals surface area contributed by atoms with Crippen LogP contribution < -0.4 is 5.32 Å². The number of nitrogens with zero attached hydrogens (tertiary/aromatic N) is 5. The van der Waals surface area contributed by atoms with Crippen molar-refractivity contribution in [1.29, 1.82) is 5.26 Å². The smallest absolute Gasteiger partial charge is 0.323 e. The third-order valence-corrected chi connectivity index (χ3v) is 3.05. The quantitative estimate of drug-likeness (QED) is 0.743. The second kappa shape index (κ2) is 5.77. The van der Waals surface area contributed by atoms with Gasteiger partial charge in [-0.2, -0.15) is 23.5 Å². The molecule has 3 aromatic heterocycles. The van der Waals surface area contributed by atoms with Gasteiger partial charge in [-0.25, -0.2) is 14.4 Å². The van der Waals surface area contributed by atoms with E-state index in [9.17, 15) is 17.6 Å². The summed E-state index contributed by atoms with van der Waals surface area (Å²) >= 11 is 0. The molecule has 3 rings (SSSR count). The average molecular weight is 336 g/mol. The number of anilines is 2. The molecule has 0 aromatic carbocycles. The zero-order valence-corrected chi connectivity index (χ0v) is 11.8. The summed E-state index contributed by atoms with van der Waals surface area (Å²) in [6, 6.07) is 5.17. The summed E-state index contributed by atoms with van der Waals surface area (Å²) in [4.78, 5) is 7.69. The van der Waals surface area contributed by atoms with Gasteiger partial charge >= 0.3 is 6.18 Å². The van der Waals surface area contributed by atoms with Crippen LogP contribution in [0, 0.1) is 17.1 Å². The van der Waals surface area contributed by atoms with Crippen molar-refractivity contribution in [3.8, 4) is 6.07 Å². The molecule has 0 amide bonds. The van der Waals surface area contributed by atoms with Crippen molar-refractivity contribution in [2.75, 3.05) is 5.32 Å². The Morgan fingerprint density at radius 1 is 1.25 bits per heavy atom. The molecule has 0 aliphatic heterocycles. The number of nitrogens with one attached hydrogen (secondary N) is 1. The van der Waals surface area contributed by atoms with E-state index in [-0.39, 0.29) is 28.2 Å². The summed E-state index contributed by atoms with van der Waals surface area (Å²) in [5, 5.41) is 15.6. The van der Waals surface area contributed by atoms with Crippen molar-refractivity contribution in [3.05, 3.63) is 42.1 Å². The van der Waals surface area contributed by atoms with Crippen LogP contribution in [0.15, 0.2) is 30.6 Å². The summed E-state index contributed by atoms with van der Waals surface area (Å²) < 4.78 is 52.1. The van der Waals surface area contributed by atoms with Gasteiger partial charge in [-0.05, 0) is 6.07 Å². The van der Waals surface area contributed by atoms with E-state index in [1.807, 2.05) is 0 Å². The average Bonchev–Trinajstić information content (AvgIpc) is 2.82. The minimum absolute atomic E-state index is 0.0318. The Morgan fingerprint density at radius 2 is 2.04 bits per heavy atom. The highest BCUT2D eigenvalue weighted by Gasteiger charge is 2.30. The van der Waals surface area contributed by atoms with Crippen LogP contribution >= 0.6 is 0 Å². The molecule has 0 saturated carbocycles. The highest BCUT2D eigenvalue weighted by atomic mass is 19.4. The highest BCUT2D eigenvalue weighted by molar-refractivity contribution is 5.91. The lowest BCUT2D eigenvalue weighted by molar-refractivity contribution is -0.141. The van der Waals surface area contributed by atoms with Crippen LogP contribution in [0.5, 0.6) is 0 Å². The van der Waals surface area contributed by atoms with Crippen LogP contribution in [0.3, 0.4) is 0 Å². The van der Waals surface area contributed by atoms with E-state index >= 15 is 0 Å². The van der Waals surface area contributed by atoms with Crippen LogP contribution in [0.25, 0.3) is 10.9 Å². The monoisotopic (exact) mass is 336 g/mol. The molecule has 6 nitrogen and oxygen atoms in total. The summed E-state index contributed by atoms with van der Waals surface area (Å²) in [5.74, 6) is -0.446. The van der Waals surface area contributed by atoms with Crippen LogP contribution in [-0.4, -0.2) is 25.9 Å². The second-order valence-corrected chi connectivity index (χ2v) is 4.80. The summed E-state index contributed by atoms with van der Waals surface area (Å²) in [7, 11) is 0. The predicted octanol–water partition coefficient (Wildman–Crippen LogP) is 3.14. The summed E-state index contributed by atoms with van der Waals surface area (Å²) in [6.07, 6.45) is -2.06. The van der Waals surface area contributed by atoms with E-state index < -0.39 is 18.5 Å². The van der Waals surface area contributed by atoms with Crippen molar-refractivity contribution >= 4 is 22.5 Å². The first-order chi connectivity index (χ1) is 11.4. The van der Waals surface area contributed by atoms with Crippen molar-refractivity contribution in [2.24, 2.45) is 0 Å². The van der Waals surface area contributed by atoms with E-state index in [0.29, 0.717) is 4.68 Å². The fourth-order valence-electron chi connectivity index (χ4n) is 2.11. The number of hydrogen-bond donors (Lipinski definition) is 1. The zero-order valence-electron chi connectivity index (χ0n) is 11.8. The number of hydrogen-bond acceptors (Lipinski definition) is 5. The highest BCUT2D eigenvalue weighted by Crippen LogP contribution is 2.28. The van der Waals surface area contributed by atoms with Gasteiger partial charge in [-0.15, -0.1) is 0 Å². The minimum atomic E-state index is -4.50. The number of nitriles is 1. The van der Waals surface area contributed by atoms with Crippen molar-refractivity contribution in [3.63, 3.8) is 0 Å². The maximum absolute atomic E-state index is 13.2. The fraction of sp³-hybridized carbons (Fsp3) is 0.143. The lowest BCUT2D eigenvalue weighted by Crippen LogP contribution is -2.18. The van der Waals surface area contributed by atoms with Gasteiger partial charge < -0.3 is 5.32 Å². The molecule has 0 bridgehead atoms. The summed E-state index contributed by atoms with van der Waals surface area (Å²) in [6.45, 7) is -1.34. The van der Waals surface area contributed by atoms with E-state index in [0.717, 1.165) is 12.1 Å². The van der Waals surface area contributed by atoms with Gasteiger partial charge in [0.15, 0.2) is 5.82 Å². The molecule has 3 aromatic rings. The van der Waals surface area contributed by atoms with Gasteiger partial charge in [0.25, 0.3) is 0 Å². The predicted molar refractivity (Wildman–Crippen MR) is 75.8 cm³/mol. The Kier molecular flexibility index (Phi) is 3.76. The molecule has 0 spiro atoms. The number of aromatic nitrogens is 4. The molecule has 0 unspecified atom stereocenters. The van der Waals surface area contributed by atoms with Crippen molar-refractivity contribution < 1.29 is 17.6 Å². The molecule has 0 radical (unpaired) electrons. The largest absolute Gasteiger partial charge is 0.408 e. The molecular formula is C14H8F4N6. The fourth-order valence-corrected chi connectivity index (χ4v) is 2.11. The SMILES string of the molecule is N#Cc1cc2c(cn1)c(Nc1cc(F)ccn1)nn2CC(F)(F)F. The molecule has 1 N–H and O–H groups in total. The topological polar surface area (TPSA) is 79.4 Å². The first-order valence-electron chi connectivity index (χ1n) is 6.58. The Morgan fingerprint density at radius 3 is 2.71 bits per heavy atom. The van der Waals surface area contributed by atoms with Crippen molar-refractivity contribution in [1.82, 2.24) is 19.7 Å². The zero-order chi connectivity index (χ0) is 17.3. The normalized spacial score (nSPS) is 11.5. The minimum Gasteiger partial charge on any atom is -0.323 e. The molecule has 3 heterocycles. The van der Waals surface area contributed by atoms with Crippen LogP contribution in [0.2, 0.25) is 0 Å². The Bertz CT molecular complexity index is 941. The standard InChI is InChI=1S/C14H8F4N6/c15-8-1-2-20-12(3-8)22-13-10-6-21-9(5-19)4-11(10)24(23-13)7-14(16,17)18/h1-4,6H,7H2,(H,20,22,23). The molecular weight excluding hydrogens is 328 g/mol. The molecule has 122 valence electrons. The summed E-state index contributed by atoms with van der Waals surface area (Å²) in [5.41, 5.74) is 0.0408. The van der Waals surface area contributed by atoms with Crippen LogP contribution in [-0.2, 0) is 6.54 Å². The molecule has 0 saturated heterocycles. The number of alkyl halides is 3. The van der Waals surface area contributed by atoms with E-state index in [1.165, 1.54) is 18.5 Å². The van der Waals surface area contributed by atoms with Gasteiger partial charge in [-0.1, -0.05) is 0 Å². The third kappa shape index (κ3) is 3.24. The lowest BCUT2D eigenvalue weighted by Gasteiger charge is -2.07. The number of halogens is 4. The molecule has 0 fully saturated rings. The maximum atomic E-state index is 13.2. The first kappa shape index (κ1) is 15.7. The van der Waals surface area contributed by atoms with Gasteiger partial charge in [0.05, 0.1) is 10.9 Å². The number of rotatable bonds is 3. The Labute approximate surface area is 132 Å². The van der Waals surface area contributed by atoms with Gasteiger partial charge in [-0.3, -0.25) is 4.68 Å². The van der Waals surface area contributed by atoms with Crippen molar-refractivity contribution in [2.45, 2.75) is 12.7 Å². The lowest BCUT2D eigenvalue weighted by atomic mass is 10.2. The van der Waals surface area contributed by atoms with E-state index in [1.54, 1.807) is 6.07 Å².